The SMILES string of the molecule is O=C1C[C@@H](N2CCC(c3ccc(F)cc3)CC2)C(=O)N1CCc1ccccc1. The number of piperidine rings is 1. The maximum absolute atomic E-state index is 13.1. The number of benzene rings is 2. The third-order valence-electron chi connectivity index (χ3n) is 6.00. The Hall–Kier alpha value is -2.53. The summed E-state index contributed by atoms with van der Waals surface area (Å²) in [6, 6.07) is 16.3. The largest absolute Gasteiger partial charge is 0.291 e. The molecule has 2 heterocycles. The van der Waals surface area contributed by atoms with Gasteiger partial charge in [0, 0.05) is 6.54 Å². The summed E-state index contributed by atoms with van der Waals surface area (Å²) in [7, 11) is 0. The second-order valence-electron chi connectivity index (χ2n) is 7.70. The van der Waals surface area contributed by atoms with Crippen molar-refractivity contribution in [2.45, 2.75) is 37.6 Å². The summed E-state index contributed by atoms with van der Waals surface area (Å²) in [5.41, 5.74) is 2.28. The Morgan fingerprint density at radius 2 is 1.61 bits per heavy atom. The molecule has 2 aliphatic rings. The Balaban J connectivity index is 1.33. The Morgan fingerprint density at radius 1 is 0.929 bits per heavy atom. The van der Waals surface area contributed by atoms with Crippen LogP contribution in [0.25, 0.3) is 0 Å². The van der Waals surface area contributed by atoms with E-state index in [9.17, 15) is 14.0 Å². The van der Waals surface area contributed by atoms with E-state index in [1.54, 1.807) is 0 Å². The Morgan fingerprint density at radius 3 is 2.29 bits per heavy atom. The summed E-state index contributed by atoms with van der Waals surface area (Å²) in [6.07, 6.45) is 2.83. The van der Waals surface area contributed by atoms with E-state index in [2.05, 4.69) is 4.90 Å². The molecule has 146 valence electrons. The first-order valence-electron chi connectivity index (χ1n) is 9.99. The summed E-state index contributed by atoms with van der Waals surface area (Å²) >= 11 is 0. The monoisotopic (exact) mass is 380 g/mol. The molecule has 2 saturated heterocycles. The van der Waals surface area contributed by atoms with Crippen LogP contribution in [-0.4, -0.2) is 47.3 Å². The van der Waals surface area contributed by atoms with Gasteiger partial charge in [0.25, 0.3) is 0 Å². The fourth-order valence-electron chi connectivity index (χ4n) is 4.35. The van der Waals surface area contributed by atoms with Crippen molar-refractivity contribution in [3.63, 3.8) is 0 Å². The van der Waals surface area contributed by atoms with Gasteiger partial charge in [-0.15, -0.1) is 0 Å². The van der Waals surface area contributed by atoms with Crippen LogP contribution in [0.3, 0.4) is 0 Å². The fraction of sp³-hybridized carbons (Fsp3) is 0.391. The molecule has 2 aromatic rings. The number of carbonyl (C=O) groups excluding carboxylic acids is 2. The summed E-state index contributed by atoms with van der Waals surface area (Å²) in [5, 5.41) is 0. The van der Waals surface area contributed by atoms with Gasteiger partial charge in [-0.1, -0.05) is 42.5 Å². The van der Waals surface area contributed by atoms with Gasteiger partial charge in [-0.05, 0) is 61.5 Å². The van der Waals surface area contributed by atoms with E-state index in [0.29, 0.717) is 18.9 Å². The second kappa shape index (κ2) is 8.23. The molecule has 0 bridgehead atoms. The molecule has 4 nitrogen and oxygen atoms in total. The summed E-state index contributed by atoms with van der Waals surface area (Å²) in [5.74, 6) is 0.0536. The van der Waals surface area contributed by atoms with Gasteiger partial charge in [-0.25, -0.2) is 4.39 Å². The van der Waals surface area contributed by atoms with E-state index in [1.165, 1.54) is 17.0 Å². The summed E-state index contributed by atoms with van der Waals surface area (Å²) in [6.45, 7) is 2.03. The van der Waals surface area contributed by atoms with Crippen LogP contribution in [0.1, 0.15) is 36.3 Å². The first kappa shape index (κ1) is 18.8. The highest BCUT2D eigenvalue weighted by molar-refractivity contribution is 6.05. The molecule has 5 heteroatoms. The summed E-state index contributed by atoms with van der Waals surface area (Å²) in [4.78, 5) is 28.9. The van der Waals surface area contributed by atoms with Crippen molar-refractivity contribution >= 4 is 11.8 Å². The zero-order chi connectivity index (χ0) is 19.5. The Labute approximate surface area is 164 Å². The van der Waals surface area contributed by atoms with Gasteiger partial charge in [-0.3, -0.25) is 19.4 Å². The van der Waals surface area contributed by atoms with Gasteiger partial charge in [0.05, 0.1) is 12.5 Å². The van der Waals surface area contributed by atoms with Crippen LogP contribution in [0.5, 0.6) is 0 Å². The first-order valence-corrected chi connectivity index (χ1v) is 9.99. The van der Waals surface area contributed by atoms with Gasteiger partial charge < -0.3 is 0 Å². The number of imide groups is 1. The molecular formula is C23H25FN2O2. The lowest BCUT2D eigenvalue weighted by molar-refractivity contribution is -0.139. The maximum Gasteiger partial charge on any atom is 0.247 e. The highest BCUT2D eigenvalue weighted by Gasteiger charge is 2.42. The summed E-state index contributed by atoms with van der Waals surface area (Å²) < 4.78 is 13.1. The molecule has 0 spiro atoms. The number of nitrogens with zero attached hydrogens (tertiary/aromatic N) is 2. The standard InChI is InChI=1S/C23H25FN2O2/c24-20-8-6-18(7-9-20)19-11-13-25(14-12-19)21-16-22(27)26(23(21)28)15-10-17-4-2-1-3-5-17/h1-9,19,21H,10-16H2/t21-/m1/s1. The number of likely N-dealkylation sites (tertiary alicyclic amines) is 2. The molecule has 1 atom stereocenters. The predicted octanol–water partition coefficient (Wildman–Crippen LogP) is 3.38. The van der Waals surface area contributed by atoms with E-state index >= 15 is 0 Å². The zero-order valence-electron chi connectivity index (χ0n) is 15.9. The third kappa shape index (κ3) is 3.99. The topological polar surface area (TPSA) is 40.6 Å². The molecule has 0 aromatic heterocycles. The number of hydrogen-bond acceptors (Lipinski definition) is 3. The average Bonchev–Trinajstić information content (AvgIpc) is 3.01. The molecule has 2 amide bonds. The molecule has 0 N–H and O–H groups in total. The van der Waals surface area contributed by atoms with Crippen LogP contribution < -0.4 is 0 Å². The smallest absolute Gasteiger partial charge is 0.247 e. The van der Waals surface area contributed by atoms with Crippen LogP contribution in [0, 0.1) is 5.82 Å². The van der Waals surface area contributed by atoms with E-state index in [4.69, 9.17) is 0 Å². The van der Waals surface area contributed by atoms with Crippen LogP contribution in [0.4, 0.5) is 4.39 Å². The minimum Gasteiger partial charge on any atom is -0.291 e. The van der Waals surface area contributed by atoms with Crippen molar-refractivity contribution in [2.75, 3.05) is 19.6 Å². The van der Waals surface area contributed by atoms with Crippen LogP contribution >= 0.6 is 0 Å². The normalized spacial score (nSPS) is 21.5. The van der Waals surface area contributed by atoms with Crippen molar-refractivity contribution in [2.24, 2.45) is 0 Å². The molecule has 2 aromatic carbocycles. The zero-order valence-corrected chi connectivity index (χ0v) is 15.9. The van der Waals surface area contributed by atoms with Crippen molar-refractivity contribution in [3.05, 3.63) is 71.5 Å². The van der Waals surface area contributed by atoms with Crippen LogP contribution in [-0.2, 0) is 16.0 Å². The Bertz CT molecular complexity index is 829. The molecule has 0 aliphatic carbocycles. The number of amides is 2. The second-order valence-corrected chi connectivity index (χ2v) is 7.70. The van der Waals surface area contributed by atoms with Crippen molar-refractivity contribution < 1.29 is 14.0 Å². The molecular weight excluding hydrogens is 355 g/mol. The average molecular weight is 380 g/mol. The van der Waals surface area contributed by atoms with E-state index in [0.717, 1.165) is 37.1 Å². The molecule has 0 unspecified atom stereocenters. The van der Waals surface area contributed by atoms with Crippen molar-refractivity contribution in [3.8, 4) is 0 Å². The number of hydrogen-bond donors (Lipinski definition) is 0. The highest BCUT2D eigenvalue weighted by Crippen LogP contribution is 2.31. The molecule has 0 saturated carbocycles. The fourth-order valence-corrected chi connectivity index (χ4v) is 4.35. The van der Waals surface area contributed by atoms with Gasteiger partial charge in [0.15, 0.2) is 0 Å². The van der Waals surface area contributed by atoms with E-state index in [-0.39, 0.29) is 30.1 Å². The van der Waals surface area contributed by atoms with Gasteiger partial charge in [0.1, 0.15) is 5.82 Å². The number of halogens is 1. The molecule has 4 rings (SSSR count). The number of rotatable bonds is 5. The molecule has 2 fully saturated rings. The predicted molar refractivity (Wildman–Crippen MR) is 105 cm³/mol. The first-order chi connectivity index (χ1) is 13.6. The minimum absolute atomic E-state index is 0.0545. The number of carbonyl (C=O) groups is 2. The highest BCUT2D eigenvalue weighted by atomic mass is 19.1. The van der Waals surface area contributed by atoms with E-state index in [1.807, 2.05) is 42.5 Å². The van der Waals surface area contributed by atoms with Crippen LogP contribution in [0.15, 0.2) is 54.6 Å². The van der Waals surface area contributed by atoms with Gasteiger partial charge >= 0.3 is 0 Å². The van der Waals surface area contributed by atoms with Crippen molar-refractivity contribution in [1.29, 1.82) is 0 Å². The Kier molecular flexibility index (Phi) is 5.53. The lowest BCUT2D eigenvalue weighted by atomic mass is 9.89. The minimum atomic E-state index is -0.322. The maximum atomic E-state index is 13.1. The lowest BCUT2D eigenvalue weighted by Gasteiger charge is -2.35. The molecule has 2 aliphatic heterocycles. The third-order valence-corrected chi connectivity index (χ3v) is 6.00. The lowest BCUT2D eigenvalue weighted by Crippen LogP contribution is -2.45. The van der Waals surface area contributed by atoms with Crippen molar-refractivity contribution in [1.82, 2.24) is 9.80 Å². The van der Waals surface area contributed by atoms with Gasteiger partial charge in [-0.2, -0.15) is 0 Å². The molecule has 0 radical (unpaired) electrons. The quantitative estimate of drug-likeness (QED) is 0.747. The van der Waals surface area contributed by atoms with E-state index < -0.39 is 0 Å². The van der Waals surface area contributed by atoms with Crippen LogP contribution in [0.2, 0.25) is 0 Å². The molecule has 28 heavy (non-hydrogen) atoms. The van der Waals surface area contributed by atoms with Gasteiger partial charge in [0.2, 0.25) is 11.8 Å².